The molecule has 0 fully saturated rings. The number of rotatable bonds is 3. The molecule has 0 aliphatic carbocycles. The minimum Gasteiger partial charge on any atom is -0.306 e. The van der Waals surface area contributed by atoms with E-state index in [0.717, 1.165) is 17.7 Å². The molecule has 3 rings (SSSR count). The van der Waals surface area contributed by atoms with Crippen LogP contribution in [0.4, 0.5) is 4.39 Å². The van der Waals surface area contributed by atoms with Crippen molar-refractivity contribution in [3.05, 3.63) is 65.5 Å². The summed E-state index contributed by atoms with van der Waals surface area (Å²) in [4.78, 5) is 1.35. The normalized spacial score (nSPS) is 18.1. The molecule has 1 nitrogen and oxygen atoms in total. The molecule has 1 N–H and O–H groups in total. The van der Waals surface area contributed by atoms with Crippen LogP contribution in [0.5, 0.6) is 0 Å². The summed E-state index contributed by atoms with van der Waals surface area (Å²) in [5.41, 5.74) is 2.08. The van der Waals surface area contributed by atoms with Crippen LogP contribution in [0.3, 0.4) is 0 Å². The molecule has 98 valence electrons. The Kier molecular flexibility index (Phi) is 3.85. The zero-order chi connectivity index (χ0) is 13.1. The molecular weight excluding hydrogens is 257 g/mol. The maximum absolute atomic E-state index is 13.6. The van der Waals surface area contributed by atoms with Gasteiger partial charge in [-0.2, -0.15) is 0 Å². The maximum atomic E-state index is 13.6. The van der Waals surface area contributed by atoms with Gasteiger partial charge in [0.2, 0.25) is 0 Å². The SMILES string of the molecule is Fc1ccccc1CNC1CCSc2ccccc21. The molecule has 0 radical (unpaired) electrons. The third-order valence-corrected chi connectivity index (χ3v) is 4.58. The van der Waals surface area contributed by atoms with Gasteiger partial charge in [0.05, 0.1) is 0 Å². The predicted octanol–water partition coefficient (Wildman–Crippen LogP) is 4.15. The van der Waals surface area contributed by atoms with Crippen LogP contribution in [0.1, 0.15) is 23.6 Å². The summed E-state index contributed by atoms with van der Waals surface area (Å²) in [6.07, 6.45) is 1.09. The van der Waals surface area contributed by atoms with Crippen molar-refractivity contribution in [3.63, 3.8) is 0 Å². The molecule has 1 atom stereocenters. The lowest BCUT2D eigenvalue weighted by Gasteiger charge is -2.26. The van der Waals surface area contributed by atoms with Crippen molar-refractivity contribution in [2.24, 2.45) is 0 Å². The van der Waals surface area contributed by atoms with Gasteiger partial charge in [-0.05, 0) is 29.9 Å². The molecule has 2 aromatic carbocycles. The first-order chi connectivity index (χ1) is 9.34. The highest BCUT2D eigenvalue weighted by Gasteiger charge is 2.19. The molecule has 0 bridgehead atoms. The van der Waals surface area contributed by atoms with E-state index in [9.17, 15) is 4.39 Å². The highest BCUT2D eigenvalue weighted by atomic mass is 32.2. The highest BCUT2D eigenvalue weighted by molar-refractivity contribution is 7.99. The Hall–Kier alpha value is -1.32. The van der Waals surface area contributed by atoms with Crippen molar-refractivity contribution in [2.75, 3.05) is 5.75 Å². The first kappa shape index (κ1) is 12.7. The van der Waals surface area contributed by atoms with E-state index in [-0.39, 0.29) is 5.82 Å². The summed E-state index contributed by atoms with van der Waals surface area (Å²) in [6.45, 7) is 0.580. The molecule has 0 saturated carbocycles. The van der Waals surface area contributed by atoms with Gasteiger partial charge in [0.15, 0.2) is 0 Å². The smallest absolute Gasteiger partial charge is 0.127 e. The Balaban J connectivity index is 1.73. The number of halogens is 1. The van der Waals surface area contributed by atoms with E-state index in [1.165, 1.54) is 16.5 Å². The Bertz CT molecular complexity index is 570. The molecule has 0 spiro atoms. The summed E-state index contributed by atoms with van der Waals surface area (Å²) in [5.74, 6) is 0.986. The van der Waals surface area contributed by atoms with E-state index < -0.39 is 0 Å². The van der Waals surface area contributed by atoms with Crippen LogP contribution in [0.15, 0.2) is 53.4 Å². The van der Waals surface area contributed by atoms with Crippen LogP contribution in [-0.2, 0) is 6.54 Å². The molecule has 1 unspecified atom stereocenters. The number of fused-ring (bicyclic) bond motifs is 1. The molecule has 3 heteroatoms. The average molecular weight is 273 g/mol. The zero-order valence-electron chi connectivity index (χ0n) is 10.6. The van der Waals surface area contributed by atoms with Crippen molar-refractivity contribution in [2.45, 2.75) is 23.9 Å². The van der Waals surface area contributed by atoms with E-state index in [0.29, 0.717) is 12.6 Å². The van der Waals surface area contributed by atoms with Crippen LogP contribution in [0.2, 0.25) is 0 Å². The Morgan fingerprint density at radius 2 is 1.89 bits per heavy atom. The highest BCUT2D eigenvalue weighted by Crippen LogP contribution is 2.35. The van der Waals surface area contributed by atoms with Crippen molar-refractivity contribution in [1.82, 2.24) is 5.32 Å². The predicted molar refractivity (Wildman–Crippen MR) is 77.8 cm³/mol. The number of thioether (sulfide) groups is 1. The van der Waals surface area contributed by atoms with E-state index in [2.05, 4.69) is 29.6 Å². The molecular formula is C16H16FNS. The summed E-state index contributed by atoms with van der Waals surface area (Å²) in [6, 6.07) is 15.8. The third kappa shape index (κ3) is 2.82. The summed E-state index contributed by atoms with van der Waals surface area (Å²) < 4.78 is 13.6. The lowest BCUT2D eigenvalue weighted by Crippen LogP contribution is -2.24. The first-order valence-electron chi connectivity index (χ1n) is 6.53. The van der Waals surface area contributed by atoms with Crippen LogP contribution < -0.4 is 5.32 Å². The van der Waals surface area contributed by atoms with E-state index in [1.54, 1.807) is 6.07 Å². The van der Waals surface area contributed by atoms with Crippen LogP contribution in [0.25, 0.3) is 0 Å². The number of hydrogen-bond acceptors (Lipinski definition) is 2. The molecule has 1 heterocycles. The second kappa shape index (κ2) is 5.76. The molecule has 0 aromatic heterocycles. The standard InChI is InChI=1S/C16H16FNS/c17-14-7-3-1-5-12(14)11-18-15-9-10-19-16-8-4-2-6-13(15)16/h1-8,15,18H,9-11H2. The summed E-state index contributed by atoms with van der Waals surface area (Å²) >= 11 is 1.90. The van der Waals surface area contributed by atoms with Crippen LogP contribution in [-0.4, -0.2) is 5.75 Å². The number of benzene rings is 2. The van der Waals surface area contributed by atoms with Gasteiger partial charge in [-0.25, -0.2) is 4.39 Å². The Morgan fingerprint density at radius 1 is 1.11 bits per heavy atom. The second-order valence-corrected chi connectivity index (χ2v) is 5.84. The van der Waals surface area contributed by atoms with Gasteiger partial charge in [-0.3, -0.25) is 0 Å². The quantitative estimate of drug-likeness (QED) is 0.901. The monoisotopic (exact) mass is 273 g/mol. The van der Waals surface area contributed by atoms with Crippen LogP contribution >= 0.6 is 11.8 Å². The number of nitrogens with one attached hydrogen (secondary N) is 1. The van der Waals surface area contributed by atoms with Crippen molar-refractivity contribution in [1.29, 1.82) is 0 Å². The first-order valence-corrected chi connectivity index (χ1v) is 7.51. The topological polar surface area (TPSA) is 12.0 Å². The van der Waals surface area contributed by atoms with Gasteiger partial charge < -0.3 is 5.32 Å². The lowest BCUT2D eigenvalue weighted by atomic mass is 10.0. The number of hydrogen-bond donors (Lipinski definition) is 1. The maximum Gasteiger partial charge on any atom is 0.127 e. The largest absolute Gasteiger partial charge is 0.306 e. The van der Waals surface area contributed by atoms with Crippen LogP contribution in [0, 0.1) is 5.82 Å². The van der Waals surface area contributed by atoms with E-state index in [1.807, 2.05) is 23.9 Å². The van der Waals surface area contributed by atoms with Gasteiger partial charge in [-0.1, -0.05) is 36.4 Å². The van der Waals surface area contributed by atoms with Gasteiger partial charge in [0.25, 0.3) is 0 Å². The second-order valence-electron chi connectivity index (χ2n) is 4.70. The van der Waals surface area contributed by atoms with Crippen molar-refractivity contribution < 1.29 is 4.39 Å². The summed E-state index contributed by atoms with van der Waals surface area (Å²) in [5, 5.41) is 3.48. The van der Waals surface area contributed by atoms with Gasteiger partial charge >= 0.3 is 0 Å². The van der Waals surface area contributed by atoms with Gasteiger partial charge in [0, 0.05) is 23.0 Å². The van der Waals surface area contributed by atoms with Gasteiger partial charge in [-0.15, -0.1) is 11.8 Å². The average Bonchev–Trinajstić information content (AvgIpc) is 2.46. The molecule has 1 aliphatic heterocycles. The van der Waals surface area contributed by atoms with E-state index >= 15 is 0 Å². The Morgan fingerprint density at radius 3 is 2.79 bits per heavy atom. The third-order valence-electron chi connectivity index (χ3n) is 3.46. The fourth-order valence-corrected chi connectivity index (χ4v) is 3.55. The minimum atomic E-state index is -0.131. The minimum absolute atomic E-state index is 0.131. The molecule has 2 aromatic rings. The van der Waals surface area contributed by atoms with Crippen molar-refractivity contribution >= 4 is 11.8 Å². The molecule has 1 aliphatic rings. The Labute approximate surface area is 117 Å². The molecule has 19 heavy (non-hydrogen) atoms. The molecule has 0 saturated heterocycles. The summed E-state index contributed by atoms with van der Waals surface area (Å²) in [7, 11) is 0. The van der Waals surface area contributed by atoms with E-state index in [4.69, 9.17) is 0 Å². The van der Waals surface area contributed by atoms with Crippen molar-refractivity contribution in [3.8, 4) is 0 Å². The fourth-order valence-electron chi connectivity index (χ4n) is 2.43. The zero-order valence-corrected chi connectivity index (χ0v) is 11.4. The van der Waals surface area contributed by atoms with Gasteiger partial charge in [0.1, 0.15) is 5.82 Å². The fraction of sp³-hybridized carbons (Fsp3) is 0.250. The lowest BCUT2D eigenvalue weighted by molar-refractivity contribution is 0.497. The molecule has 0 amide bonds.